The van der Waals surface area contributed by atoms with Crippen molar-refractivity contribution in [2.45, 2.75) is 82.0 Å². The van der Waals surface area contributed by atoms with Crippen molar-refractivity contribution >= 4 is 23.7 Å². The third kappa shape index (κ3) is 5.24. The van der Waals surface area contributed by atoms with Gasteiger partial charge >= 0.3 is 6.03 Å². The predicted molar refractivity (Wildman–Crippen MR) is 143 cm³/mol. The Kier molecular flexibility index (Phi) is 6.74. The van der Waals surface area contributed by atoms with E-state index in [2.05, 4.69) is 72.4 Å². The van der Waals surface area contributed by atoms with Crippen molar-refractivity contribution in [3.8, 4) is 11.4 Å². The van der Waals surface area contributed by atoms with Crippen LogP contribution in [0.3, 0.4) is 0 Å². The highest BCUT2D eigenvalue weighted by Crippen LogP contribution is 2.55. The molecule has 4 bridgehead atoms. The summed E-state index contributed by atoms with van der Waals surface area (Å²) in [7, 11) is 0. The second-order valence-corrected chi connectivity index (χ2v) is 13.0. The van der Waals surface area contributed by atoms with Gasteiger partial charge in [-0.2, -0.15) is 0 Å². The SMILES string of the molecule is C=CCn1c(SCC(=O)NC(=O)NC23CC4CC(CC(C4)C2)C3)nnc1-c1ccc(C(C)(C)C)cc1. The van der Waals surface area contributed by atoms with Gasteiger partial charge in [-0.05, 0) is 67.3 Å². The number of thioether (sulfide) groups is 1. The Balaban J connectivity index is 1.19. The predicted octanol–water partition coefficient (Wildman–Crippen LogP) is 5.32. The monoisotopic (exact) mass is 507 g/mol. The van der Waals surface area contributed by atoms with Gasteiger partial charge in [0.05, 0.1) is 5.75 Å². The molecular weight excluding hydrogens is 470 g/mol. The summed E-state index contributed by atoms with van der Waals surface area (Å²) in [5, 5.41) is 15.1. The van der Waals surface area contributed by atoms with Crippen LogP contribution < -0.4 is 10.6 Å². The van der Waals surface area contributed by atoms with Gasteiger partial charge in [-0.25, -0.2) is 4.79 Å². The highest BCUT2D eigenvalue weighted by molar-refractivity contribution is 7.99. The number of rotatable bonds is 7. The van der Waals surface area contributed by atoms with E-state index in [1.165, 1.54) is 36.6 Å². The van der Waals surface area contributed by atoms with Gasteiger partial charge in [-0.3, -0.25) is 14.7 Å². The summed E-state index contributed by atoms with van der Waals surface area (Å²) in [5.41, 5.74) is 2.17. The van der Waals surface area contributed by atoms with Crippen molar-refractivity contribution in [3.05, 3.63) is 42.5 Å². The van der Waals surface area contributed by atoms with Gasteiger partial charge in [-0.15, -0.1) is 16.8 Å². The van der Waals surface area contributed by atoms with Crippen molar-refractivity contribution in [2.75, 3.05) is 5.75 Å². The molecule has 2 aromatic rings. The van der Waals surface area contributed by atoms with Crippen molar-refractivity contribution in [3.63, 3.8) is 0 Å². The highest BCUT2D eigenvalue weighted by Gasteiger charge is 2.51. The molecule has 4 fully saturated rings. The molecule has 4 saturated carbocycles. The number of nitrogens with zero attached hydrogens (tertiary/aromatic N) is 3. The quantitative estimate of drug-likeness (QED) is 0.391. The molecule has 0 aliphatic heterocycles. The van der Waals surface area contributed by atoms with Crippen LogP contribution in [0.1, 0.15) is 64.9 Å². The van der Waals surface area contributed by atoms with Crippen LogP contribution in [0.5, 0.6) is 0 Å². The standard InChI is InChI=1S/C28H37N5O2S/c1-5-10-33-24(21-6-8-22(9-7-21)27(2,3)4)31-32-26(33)36-17-23(34)29-25(35)30-28-14-18-11-19(15-28)13-20(12-18)16-28/h5-9,18-20H,1,10-17H2,2-4H3,(H2,29,30,34,35). The van der Waals surface area contributed by atoms with Crippen LogP contribution in [0, 0.1) is 17.8 Å². The van der Waals surface area contributed by atoms with Crippen molar-refractivity contribution in [1.82, 2.24) is 25.4 Å². The molecule has 0 atom stereocenters. The number of urea groups is 1. The summed E-state index contributed by atoms with van der Waals surface area (Å²) in [6, 6.07) is 7.98. The molecule has 6 rings (SSSR count). The molecule has 1 aromatic carbocycles. The first-order valence-corrected chi connectivity index (χ1v) is 14.0. The number of imide groups is 1. The molecule has 36 heavy (non-hydrogen) atoms. The molecule has 4 aliphatic rings. The number of allylic oxidation sites excluding steroid dienone is 1. The Morgan fingerprint density at radius 2 is 1.69 bits per heavy atom. The summed E-state index contributed by atoms with van der Waals surface area (Å²) >= 11 is 1.28. The van der Waals surface area contributed by atoms with Gasteiger partial charge in [0.1, 0.15) is 0 Å². The lowest BCUT2D eigenvalue weighted by Gasteiger charge is -2.56. The van der Waals surface area contributed by atoms with E-state index in [4.69, 9.17) is 0 Å². The number of hydrogen-bond acceptors (Lipinski definition) is 5. The Morgan fingerprint density at radius 1 is 1.08 bits per heavy atom. The van der Waals surface area contributed by atoms with Crippen LogP contribution in [0.4, 0.5) is 4.79 Å². The molecule has 1 aromatic heterocycles. The fraction of sp³-hybridized carbons (Fsp3) is 0.571. The fourth-order valence-corrected chi connectivity index (χ4v) is 7.60. The van der Waals surface area contributed by atoms with Crippen LogP contribution in [-0.4, -0.2) is 38.0 Å². The average Bonchev–Trinajstić information content (AvgIpc) is 3.18. The molecular formula is C28H37N5O2S. The van der Waals surface area contributed by atoms with Gasteiger partial charge < -0.3 is 5.32 Å². The Morgan fingerprint density at radius 3 is 2.25 bits per heavy atom. The zero-order chi connectivity index (χ0) is 25.5. The van der Waals surface area contributed by atoms with Crippen LogP contribution in [0.25, 0.3) is 11.4 Å². The molecule has 192 valence electrons. The molecule has 1 heterocycles. The molecule has 0 radical (unpaired) electrons. The third-order valence-corrected chi connectivity index (χ3v) is 9.01. The molecule has 2 N–H and O–H groups in total. The van der Waals surface area contributed by atoms with Gasteiger partial charge in [0.25, 0.3) is 0 Å². The average molecular weight is 508 g/mol. The number of carbonyl (C=O) groups excluding carboxylic acids is 2. The van der Waals surface area contributed by atoms with E-state index in [0.29, 0.717) is 11.7 Å². The summed E-state index contributed by atoms with van der Waals surface area (Å²) in [5.74, 6) is 2.70. The van der Waals surface area contributed by atoms with Gasteiger partial charge in [-0.1, -0.05) is 62.9 Å². The maximum Gasteiger partial charge on any atom is 0.321 e. The first kappa shape index (κ1) is 25.1. The van der Waals surface area contributed by atoms with E-state index in [0.717, 1.165) is 48.4 Å². The largest absolute Gasteiger partial charge is 0.332 e. The summed E-state index contributed by atoms with van der Waals surface area (Å²) in [4.78, 5) is 25.3. The lowest BCUT2D eigenvalue weighted by molar-refractivity contribution is -0.117. The number of aromatic nitrogens is 3. The second kappa shape index (κ2) is 9.69. The van der Waals surface area contributed by atoms with Crippen molar-refractivity contribution < 1.29 is 9.59 Å². The summed E-state index contributed by atoms with van der Waals surface area (Å²) < 4.78 is 1.95. The van der Waals surface area contributed by atoms with Crippen LogP contribution >= 0.6 is 11.8 Å². The Hall–Kier alpha value is -2.61. The number of hydrogen-bond donors (Lipinski definition) is 2. The maximum atomic E-state index is 12.7. The van der Waals surface area contributed by atoms with E-state index in [1.807, 2.05) is 4.57 Å². The molecule has 7 nitrogen and oxygen atoms in total. The smallest absolute Gasteiger partial charge is 0.321 e. The zero-order valence-corrected chi connectivity index (χ0v) is 22.4. The minimum Gasteiger partial charge on any atom is -0.332 e. The molecule has 0 spiro atoms. The van der Waals surface area contributed by atoms with E-state index in [9.17, 15) is 9.59 Å². The van der Waals surface area contributed by atoms with E-state index < -0.39 is 0 Å². The topological polar surface area (TPSA) is 88.9 Å². The Bertz CT molecular complexity index is 1110. The zero-order valence-electron chi connectivity index (χ0n) is 21.5. The lowest BCUT2D eigenvalue weighted by atomic mass is 9.53. The molecule has 4 aliphatic carbocycles. The van der Waals surface area contributed by atoms with Crippen LogP contribution in [0.15, 0.2) is 42.1 Å². The van der Waals surface area contributed by atoms with Crippen molar-refractivity contribution in [2.24, 2.45) is 17.8 Å². The van der Waals surface area contributed by atoms with Crippen molar-refractivity contribution in [1.29, 1.82) is 0 Å². The minimum absolute atomic E-state index is 0.0731. The molecule has 3 amide bonds. The van der Waals surface area contributed by atoms with Crippen LogP contribution in [-0.2, 0) is 16.8 Å². The van der Waals surface area contributed by atoms with E-state index in [-0.39, 0.29) is 28.6 Å². The number of nitrogens with one attached hydrogen (secondary N) is 2. The number of benzene rings is 1. The van der Waals surface area contributed by atoms with E-state index >= 15 is 0 Å². The second-order valence-electron chi connectivity index (χ2n) is 12.0. The van der Waals surface area contributed by atoms with Gasteiger partial charge in [0, 0.05) is 17.6 Å². The third-order valence-electron chi connectivity index (χ3n) is 8.04. The lowest BCUT2D eigenvalue weighted by Crippen LogP contribution is -2.61. The maximum absolute atomic E-state index is 12.7. The fourth-order valence-electron chi connectivity index (χ4n) is 6.85. The number of carbonyl (C=O) groups is 2. The Labute approximate surface area is 217 Å². The number of amides is 3. The first-order chi connectivity index (χ1) is 17.1. The molecule has 8 heteroatoms. The summed E-state index contributed by atoms with van der Waals surface area (Å²) in [6.45, 7) is 10.9. The van der Waals surface area contributed by atoms with Gasteiger partial charge in [0.15, 0.2) is 11.0 Å². The summed E-state index contributed by atoms with van der Waals surface area (Å²) in [6.07, 6.45) is 8.89. The normalized spacial score (nSPS) is 26.6. The first-order valence-electron chi connectivity index (χ1n) is 13.0. The van der Waals surface area contributed by atoms with E-state index in [1.54, 1.807) is 6.08 Å². The van der Waals surface area contributed by atoms with Gasteiger partial charge in [0.2, 0.25) is 5.91 Å². The minimum atomic E-state index is -0.366. The van der Waals surface area contributed by atoms with Crippen LogP contribution in [0.2, 0.25) is 0 Å². The molecule has 0 saturated heterocycles. The highest BCUT2D eigenvalue weighted by atomic mass is 32.2. The molecule has 0 unspecified atom stereocenters.